The molecule has 0 aliphatic carbocycles. The number of aromatic hydroxyl groups is 1. The molecule has 1 heterocycles. The predicted octanol–water partition coefficient (Wildman–Crippen LogP) is 2.45. The summed E-state index contributed by atoms with van der Waals surface area (Å²) in [5.74, 6) is 0.616. The van der Waals surface area contributed by atoms with Gasteiger partial charge in [-0.25, -0.2) is 0 Å². The minimum absolute atomic E-state index is 0.0304. The summed E-state index contributed by atoms with van der Waals surface area (Å²) in [7, 11) is 0. The number of phenols is 1. The van der Waals surface area contributed by atoms with Crippen molar-refractivity contribution >= 4 is 17.3 Å². The number of nitrogens with one attached hydrogen (secondary N) is 1. The number of aliphatic hydroxyl groups is 1. The third-order valence-corrected chi connectivity index (χ3v) is 3.83. The van der Waals surface area contributed by atoms with E-state index in [1.807, 2.05) is 13.0 Å². The van der Waals surface area contributed by atoms with Crippen molar-refractivity contribution in [2.45, 2.75) is 33.3 Å². The van der Waals surface area contributed by atoms with E-state index < -0.39 is 6.10 Å². The first kappa shape index (κ1) is 15.9. The average Bonchev–Trinajstić information content (AvgIpc) is 2.43. The van der Waals surface area contributed by atoms with E-state index >= 15 is 0 Å². The van der Waals surface area contributed by atoms with Crippen LogP contribution in [0.1, 0.15) is 31.4 Å². The SMILES string of the molecule is Cc1cc(C2=NNCCC2C)c(O)c(Cl)c1OCC(C)O. The van der Waals surface area contributed by atoms with Gasteiger partial charge in [0.25, 0.3) is 0 Å². The van der Waals surface area contributed by atoms with E-state index in [4.69, 9.17) is 16.3 Å². The maximum atomic E-state index is 10.4. The van der Waals surface area contributed by atoms with Gasteiger partial charge in [0.05, 0.1) is 11.8 Å². The molecule has 2 unspecified atom stereocenters. The van der Waals surface area contributed by atoms with Crippen LogP contribution in [0.15, 0.2) is 11.2 Å². The number of rotatable bonds is 4. The first-order valence-corrected chi connectivity index (χ1v) is 7.43. The topological polar surface area (TPSA) is 74.1 Å². The Labute approximate surface area is 129 Å². The third-order valence-electron chi connectivity index (χ3n) is 3.48. The minimum Gasteiger partial charge on any atom is -0.506 e. The number of benzene rings is 1. The van der Waals surface area contributed by atoms with Crippen LogP contribution in [-0.2, 0) is 0 Å². The van der Waals surface area contributed by atoms with Gasteiger partial charge < -0.3 is 20.4 Å². The summed E-state index contributed by atoms with van der Waals surface area (Å²) in [6, 6.07) is 1.82. The third kappa shape index (κ3) is 3.41. The van der Waals surface area contributed by atoms with Gasteiger partial charge in [0, 0.05) is 18.0 Å². The zero-order chi connectivity index (χ0) is 15.6. The fraction of sp³-hybridized carbons (Fsp3) is 0.533. The quantitative estimate of drug-likeness (QED) is 0.798. The Hall–Kier alpha value is -1.46. The molecule has 1 aliphatic heterocycles. The highest BCUT2D eigenvalue weighted by Crippen LogP contribution is 2.40. The van der Waals surface area contributed by atoms with Crippen LogP contribution >= 0.6 is 11.6 Å². The molecule has 0 spiro atoms. The summed E-state index contributed by atoms with van der Waals surface area (Å²) >= 11 is 6.22. The molecule has 21 heavy (non-hydrogen) atoms. The first-order chi connectivity index (χ1) is 9.91. The van der Waals surface area contributed by atoms with E-state index in [1.165, 1.54) is 0 Å². The summed E-state index contributed by atoms with van der Waals surface area (Å²) in [5, 5.41) is 24.1. The highest BCUT2D eigenvalue weighted by atomic mass is 35.5. The normalized spacial score (nSPS) is 19.7. The largest absolute Gasteiger partial charge is 0.506 e. The van der Waals surface area contributed by atoms with Gasteiger partial charge in [-0.05, 0) is 31.9 Å². The molecule has 0 amide bonds. The molecule has 0 radical (unpaired) electrons. The Morgan fingerprint density at radius 1 is 1.57 bits per heavy atom. The van der Waals surface area contributed by atoms with Gasteiger partial charge >= 0.3 is 0 Å². The van der Waals surface area contributed by atoms with E-state index in [1.54, 1.807) is 6.92 Å². The highest BCUT2D eigenvalue weighted by Gasteiger charge is 2.24. The Balaban J connectivity index is 2.40. The van der Waals surface area contributed by atoms with Crippen LogP contribution in [-0.4, -0.2) is 35.2 Å². The molecule has 5 nitrogen and oxygen atoms in total. The van der Waals surface area contributed by atoms with Crippen molar-refractivity contribution in [3.63, 3.8) is 0 Å². The second-order valence-corrected chi connectivity index (χ2v) is 5.87. The van der Waals surface area contributed by atoms with Crippen LogP contribution in [0.25, 0.3) is 0 Å². The summed E-state index contributed by atoms with van der Waals surface area (Å²) in [4.78, 5) is 0. The van der Waals surface area contributed by atoms with E-state index in [0.29, 0.717) is 11.3 Å². The fourth-order valence-electron chi connectivity index (χ4n) is 2.32. The van der Waals surface area contributed by atoms with Crippen molar-refractivity contribution in [3.05, 3.63) is 22.2 Å². The van der Waals surface area contributed by atoms with Gasteiger partial charge in [-0.15, -0.1) is 0 Å². The predicted molar refractivity (Wildman–Crippen MR) is 83.4 cm³/mol. The zero-order valence-corrected chi connectivity index (χ0v) is 13.2. The number of nitrogens with zero attached hydrogens (tertiary/aromatic N) is 1. The monoisotopic (exact) mass is 312 g/mol. The molecule has 0 fully saturated rings. The molecular formula is C15H21ClN2O3. The van der Waals surface area contributed by atoms with Crippen molar-refractivity contribution in [2.24, 2.45) is 11.0 Å². The Kier molecular flexibility index (Phi) is 4.96. The van der Waals surface area contributed by atoms with Crippen LogP contribution in [0.5, 0.6) is 11.5 Å². The Morgan fingerprint density at radius 3 is 2.90 bits per heavy atom. The van der Waals surface area contributed by atoms with E-state index in [9.17, 15) is 10.2 Å². The second kappa shape index (κ2) is 6.54. The maximum absolute atomic E-state index is 10.4. The number of aryl methyl sites for hydroxylation is 1. The molecule has 2 atom stereocenters. The summed E-state index contributed by atoms with van der Waals surface area (Å²) in [6.07, 6.45) is 0.351. The van der Waals surface area contributed by atoms with E-state index in [-0.39, 0.29) is 23.3 Å². The lowest BCUT2D eigenvalue weighted by atomic mass is 9.92. The number of hydrogen-bond acceptors (Lipinski definition) is 5. The van der Waals surface area contributed by atoms with Gasteiger partial charge in [-0.1, -0.05) is 18.5 Å². The van der Waals surface area contributed by atoms with Crippen LogP contribution < -0.4 is 10.2 Å². The molecule has 1 aromatic carbocycles. The smallest absolute Gasteiger partial charge is 0.147 e. The number of phenolic OH excluding ortho intramolecular Hbond substituents is 1. The molecule has 0 saturated heterocycles. The molecule has 0 saturated carbocycles. The van der Waals surface area contributed by atoms with Crippen LogP contribution in [0.2, 0.25) is 5.02 Å². The highest BCUT2D eigenvalue weighted by molar-refractivity contribution is 6.34. The maximum Gasteiger partial charge on any atom is 0.147 e. The average molecular weight is 313 g/mol. The van der Waals surface area contributed by atoms with Crippen LogP contribution in [0, 0.1) is 12.8 Å². The van der Waals surface area contributed by atoms with Crippen molar-refractivity contribution in [1.82, 2.24) is 5.43 Å². The van der Waals surface area contributed by atoms with Crippen LogP contribution in [0.4, 0.5) is 0 Å². The lowest BCUT2D eigenvalue weighted by Crippen LogP contribution is -2.27. The second-order valence-electron chi connectivity index (χ2n) is 5.49. The Morgan fingerprint density at radius 2 is 2.29 bits per heavy atom. The number of hydrogen-bond donors (Lipinski definition) is 3. The van der Waals surface area contributed by atoms with Gasteiger partial charge in [0.15, 0.2) is 0 Å². The number of aliphatic hydroxyl groups excluding tert-OH is 1. The molecule has 2 rings (SSSR count). The van der Waals surface area contributed by atoms with Gasteiger partial charge in [-0.3, -0.25) is 0 Å². The van der Waals surface area contributed by atoms with Crippen molar-refractivity contribution < 1.29 is 14.9 Å². The summed E-state index contributed by atoms with van der Waals surface area (Å²) in [6.45, 7) is 6.50. The number of hydrazone groups is 1. The Bertz CT molecular complexity index is 558. The van der Waals surface area contributed by atoms with E-state index in [2.05, 4.69) is 17.5 Å². The van der Waals surface area contributed by atoms with Crippen molar-refractivity contribution in [3.8, 4) is 11.5 Å². The van der Waals surface area contributed by atoms with E-state index in [0.717, 1.165) is 24.2 Å². The van der Waals surface area contributed by atoms with Gasteiger partial charge in [-0.2, -0.15) is 5.10 Å². The zero-order valence-electron chi connectivity index (χ0n) is 12.5. The molecule has 0 aromatic heterocycles. The van der Waals surface area contributed by atoms with Crippen molar-refractivity contribution in [1.29, 1.82) is 0 Å². The molecule has 0 bridgehead atoms. The number of halogens is 1. The first-order valence-electron chi connectivity index (χ1n) is 7.05. The standard InChI is InChI=1S/C15H21ClN2O3/c1-8-4-5-17-18-13(8)11-6-9(2)15(12(16)14(11)20)21-7-10(3)19/h6,8,10,17,19-20H,4-5,7H2,1-3H3. The summed E-state index contributed by atoms with van der Waals surface area (Å²) in [5.41, 5.74) is 5.18. The molecule has 116 valence electrons. The molecule has 6 heteroatoms. The minimum atomic E-state index is -0.603. The van der Waals surface area contributed by atoms with Crippen LogP contribution in [0.3, 0.4) is 0 Å². The van der Waals surface area contributed by atoms with Crippen molar-refractivity contribution in [2.75, 3.05) is 13.2 Å². The molecule has 3 N–H and O–H groups in total. The van der Waals surface area contributed by atoms with Gasteiger partial charge in [0.1, 0.15) is 23.1 Å². The number of ether oxygens (including phenoxy) is 1. The lowest BCUT2D eigenvalue weighted by Gasteiger charge is -2.22. The fourth-order valence-corrected chi connectivity index (χ4v) is 2.63. The lowest BCUT2D eigenvalue weighted by molar-refractivity contribution is 0.122. The molecular weight excluding hydrogens is 292 g/mol. The molecule has 1 aromatic rings. The molecule has 1 aliphatic rings. The summed E-state index contributed by atoms with van der Waals surface area (Å²) < 4.78 is 5.48. The van der Waals surface area contributed by atoms with Gasteiger partial charge in [0.2, 0.25) is 0 Å².